The van der Waals surface area contributed by atoms with Crippen LogP contribution in [0, 0.1) is 5.92 Å². The number of nitrogens with one attached hydrogen (secondary N) is 3. The van der Waals surface area contributed by atoms with E-state index in [-0.39, 0.29) is 6.04 Å². The number of hydrogen-bond donors (Lipinski definition) is 3. The number of likely N-dealkylation sites (N-methyl/N-ethyl adjacent to an activating group) is 1. The molecule has 2 atom stereocenters. The summed E-state index contributed by atoms with van der Waals surface area (Å²) in [5.41, 5.74) is 1.75. The van der Waals surface area contributed by atoms with Crippen LogP contribution in [0.2, 0.25) is 5.02 Å². The zero-order valence-electron chi connectivity index (χ0n) is 22.5. The quantitative estimate of drug-likeness (QED) is 0.189. The fraction of sp³-hybridized carbons (Fsp3) is 0.577. The van der Waals surface area contributed by atoms with Gasteiger partial charge in [-0.1, -0.05) is 31.5 Å². The lowest BCUT2D eigenvalue weighted by Crippen LogP contribution is -2.41. The smallest absolute Gasteiger partial charge is 0.229 e. The van der Waals surface area contributed by atoms with Crippen molar-refractivity contribution in [2.24, 2.45) is 5.92 Å². The lowest BCUT2D eigenvalue weighted by Gasteiger charge is -2.31. The van der Waals surface area contributed by atoms with Crippen molar-refractivity contribution in [1.82, 2.24) is 25.1 Å². The zero-order valence-corrected chi connectivity index (χ0v) is 23.2. The van der Waals surface area contributed by atoms with Gasteiger partial charge in [0, 0.05) is 44.1 Å². The highest BCUT2D eigenvalue weighted by molar-refractivity contribution is 6.32. The molecule has 1 aliphatic rings. The normalized spacial score (nSPS) is 17.4. The Morgan fingerprint density at radius 1 is 1.28 bits per heavy atom. The number of amides is 1. The van der Waals surface area contributed by atoms with Gasteiger partial charge in [0.1, 0.15) is 10.8 Å². The number of hydrogen-bond acceptors (Lipinski definition) is 8. The number of anilines is 2. The number of allylic oxidation sites excluding steroid dienone is 4. The van der Waals surface area contributed by atoms with Gasteiger partial charge < -0.3 is 30.5 Å². The molecular formula is C26H42ClN7O2. The van der Waals surface area contributed by atoms with Crippen molar-refractivity contribution in [1.29, 1.82) is 0 Å². The average Bonchev–Trinajstić information content (AvgIpc) is 2.86. The van der Waals surface area contributed by atoms with Crippen LogP contribution in [-0.2, 0) is 9.53 Å². The molecule has 1 aromatic heterocycles. The second kappa shape index (κ2) is 15.4. The van der Waals surface area contributed by atoms with Crippen LogP contribution >= 0.6 is 11.6 Å². The largest absolute Gasteiger partial charge is 0.495 e. The highest BCUT2D eigenvalue weighted by Gasteiger charge is 2.16. The Morgan fingerprint density at radius 2 is 2.00 bits per heavy atom. The molecule has 1 amide bonds. The van der Waals surface area contributed by atoms with E-state index >= 15 is 0 Å². The molecule has 0 spiro atoms. The van der Waals surface area contributed by atoms with Gasteiger partial charge in [-0.3, -0.25) is 4.79 Å². The van der Waals surface area contributed by atoms with Crippen molar-refractivity contribution in [2.75, 3.05) is 51.0 Å². The van der Waals surface area contributed by atoms with Gasteiger partial charge in [0.2, 0.25) is 12.4 Å². The summed E-state index contributed by atoms with van der Waals surface area (Å²) in [5, 5.41) is 9.88. The summed E-state index contributed by atoms with van der Waals surface area (Å²) in [6.45, 7) is 12.3. The number of rotatable bonds is 14. The minimum Gasteiger partial charge on any atom is -0.495 e. The standard InChI is InChI=1S/C26H42ClN7O2/c1-7-23(24(36-6)11-12-34-15-13-33(5)14-16-34)31-26-28-17-22(27)25(32-26)30-21(4)19(2)9-8-10-20(3)29-18-35/h10-12,17-19,21H,7-9,13-16H2,1-6H3,(H,29,35)(H2,28,30,31,32)/b12-11+,20-10+,24-23-. The Morgan fingerprint density at radius 3 is 2.64 bits per heavy atom. The Balaban J connectivity index is 2.06. The van der Waals surface area contributed by atoms with Gasteiger partial charge in [0.15, 0.2) is 5.82 Å². The molecular weight excluding hydrogens is 478 g/mol. The third-order valence-electron chi connectivity index (χ3n) is 6.43. The van der Waals surface area contributed by atoms with Crippen molar-refractivity contribution < 1.29 is 9.53 Å². The molecule has 2 unspecified atom stereocenters. The number of piperazine rings is 1. The van der Waals surface area contributed by atoms with Gasteiger partial charge in [0.05, 0.1) is 19.0 Å². The summed E-state index contributed by atoms with van der Waals surface area (Å²) in [6, 6.07) is 0.139. The highest BCUT2D eigenvalue weighted by atomic mass is 35.5. The van der Waals surface area contributed by atoms with Crippen molar-refractivity contribution in [2.45, 2.75) is 53.0 Å². The molecule has 1 aliphatic heterocycles. The van der Waals surface area contributed by atoms with Crippen molar-refractivity contribution in [3.8, 4) is 0 Å². The first-order chi connectivity index (χ1) is 17.3. The Labute approximate surface area is 221 Å². The van der Waals surface area contributed by atoms with E-state index in [4.69, 9.17) is 16.3 Å². The SMILES string of the molecule is CC/C(Nc1ncc(Cl)c(NC(C)C(C)CC/C=C(\C)NC=O)n1)=C(\C=C\N1CCN(C)CC1)OC. The fourth-order valence-corrected chi connectivity index (χ4v) is 3.89. The summed E-state index contributed by atoms with van der Waals surface area (Å²) < 4.78 is 5.67. The van der Waals surface area contributed by atoms with E-state index in [2.05, 4.69) is 69.7 Å². The molecule has 0 radical (unpaired) electrons. The van der Waals surface area contributed by atoms with E-state index in [1.54, 1.807) is 13.3 Å². The maximum absolute atomic E-state index is 10.5. The highest BCUT2D eigenvalue weighted by Crippen LogP contribution is 2.24. The number of carbonyl (C=O) groups excluding carboxylic acids is 1. The van der Waals surface area contributed by atoms with Gasteiger partial charge in [-0.05, 0) is 52.2 Å². The summed E-state index contributed by atoms with van der Waals surface area (Å²) in [6.07, 6.45) is 11.0. The molecule has 9 nitrogen and oxygen atoms in total. The van der Waals surface area contributed by atoms with E-state index in [0.717, 1.165) is 62.6 Å². The van der Waals surface area contributed by atoms with Gasteiger partial charge in [-0.15, -0.1) is 0 Å². The lowest BCUT2D eigenvalue weighted by molar-refractivity contribution is -0.108. The lowest BCUT2D eigenvalue weighted by atomic mass is 9.97. The second-order valence-corrected chi connectivity index (χ2v) is 9.61. The maximum atomic E-state index is 10.5. The minimum atomic E-state index is 0.139. The predicted molar refractivity (Wildman–Crippen MR) is 148 cm³/mol. The van der Waals surface area contributed by atoms with Crippen LogP contribution in [-0.4, -0.2) is 72.6 Å². The summed E-state index contributed by atoms with van der Waals surface area (Å²) in [5.74, 6) is 2.16. The van der Waals surface area contributed by atoms with Crippen LogP contribution in [0.4, 0.5) is 11.8 Å². The maximum Gasteiger partial charge on any atom is 0.229 e. The van der Waals surface area contributed by atoms with E-state index in [0.29, 0.717) is 29.1 Å². The van der Waals surface area contributed by atoms with Crippen molar-refractivity contribution in [3.63, 3.8) is 0 Å². The molecule has 0 aromatic carbocycles. The summed E-state index contributed by atoms with van der Waals surface area (Å²) in [4.78, 5) is 24.2. The molecule has 1 aromatic rings. The molecule has 200 valence electrons. The number of ether oxygens (including phenoxy) is 1. The van der Waals surface area contributed by atoms with E-state index in [1.165, 1.54) is 0 Å². The van der Waals surface area contributed by atoms with Gasteiger partial charge in [0.25, 0.3) is 0 Å². The number of methoxy groups -OCH3 is 1. The molecule has 36 heavy (non-hydrogen) atoms. The monoisotopic (exact) mass is 519 g/mol. The molecule has 3 N–H and O–H groups in total. The summed E-state index contributed by atoms with van der Waals surface area (Å²) >= 11 is 6.41. The molecule has 0 aliphatic carbocycles. The Bertz CT molecular complexity index is 927. The first-order valence-electron chi connectivity index (χ1n) is 12.6. The fourth-order valence-electron chi connectivity index (χ4n) is 3.75. The van der Waals surface area contributed by atoms with Crippen LogP contribution in [0.25, 0.3) is 0 Å². The van der Waals surface area contributed by atoms with Crippen molar-refractivity contribution in [3.05, 3.63) is 46.7 Å². The average molecular weight is 520 g/mol. The van der Waals surface area contributed by atoms with Gasteiger partial charge >= 0.3 is 0 Å². The molecule has 10 heteroatoms. The molecule has 1 saturated heterocycles. The molecule has 0 saturated carbocycles. The summed E-state index contributed by atoms with van der Waals surface area (Å²) in [7, 11) is 3.82. The first-order valence-corrected chi connectivity index (χ1v) is 13.0. The van der Waals surface area contributed by atoms with Gasteiger partial charge in [-0.2, -0.15) is 4.98 Å². The van der Waals surface area contributed by atoms with Gasteiger partial charge in [-0.25, -0.2) is 4.98 Å². The van der Waals surface area contributed by atoms with Crippen LogP contribution in [0.3, 0.4) is 0 Å². The molecule has 2 rings (SSSR count). The van der Waals surface area contributed by atoms with Crippen molar-refractivity contribution >= 4 is 29.8 Å². The third-order valence-corrected chi connectivity index (χ3v) is 6.71. The van der Waals surface area contributed by atoms with Crippen LogP contribution in [0.1, 0.15) is 47.0 Å². The molecule has 0 bridgehead atoms. The van der Waals surface area contributed by atoms with E-state index in [1.807, 2.05) is 19.1 Å². The first kappa shape index (κ1) is 29.5. The van der Waals surface area contributed by atoms with Crippen LogP contribution in [0.5, 0.6) is 0 Å². The topological polar surface area (TPSA) is 94.7 Å². The number of nitrogens with zero attached hydrogens (tertiary/aromatic N) is 4. The number of aromatic nitrogens is 2. The van der Waals surface area contributed by atoms with Crippen LogP contribution < -0.4 is 16.0 Å². The third kappa shape index (κ3) is 9.70. The zero-order chi connectivity index (χ0) is 26.5. The minimum absolute atomic E-state index is 0.139. The molecule has 1 fully saturated rings. The number of halogens is 1. The predicted octanol–water partition coefficient (Wildman–Crippen LogP) is 4.44. The second-order valence-electron chi connectivity index (χ2n) is 9.21. The number of carbonyl (C=O) groups is 1. The van der Waals surface area contributed by atoms with E-state index in [9.17, 15) is 4.79 Å². The Hall–Kier alpha value is -2.78. The Kier molecular flexibility index (Phi) is 12.6. The molecule has 2 heterocycles. The van der Waals surface area contributed by atoms with E-state index < -0.39 is 0 Å². The van der Waals surface area contributed by atoms with Crippen LogP contribution in [0.15, 0.2) is 41.7 Å².